The Morgan fingerprint density at radius 1 is 1.09 bits per heavy atom. The van der Waals surface area contributed by atoms with Crippen molar-refractivity contribution in [1.82, 2.24) is 35.6 Å². The average Bonchev–Trinajstić information content (AvgIpc) is 3.57. The number of H-pyrrole nitrogens is 2. The molecule has 1 amide bonds. The molecule has 1 aliphatic rings. The topological polar surface area (TPSA) is 138 Å². The van der Waals surface area contributed by atoms with Gasteiger partial charge < -0.3 is 4.42 Å². The number of nitrogens with one attached hydrogen (secondary N) is 3. The average molecular weight is 482 g/mol. The first kappa shape index (κ1) is 21.3. The first-order valence-corrected chi connectivity index (χ1v) is 10.9. The van der Waals surface area contributed by atoms with Crippen molar-refractivity contribution in [1.29, 1.82) is 0 Å². The first-order chi connectivity index (χ1) is 16.8. The van der Waals surface area contributed by atoms with Gasteiger partial charge >= 0.3 is 12.2 Å². The monoisotopic (exact) mass is 482 g/mol. The number of fused-ring (bicyclic) bond motifs is 5. The number of aromatic amines is 2. The summed E-state index contributed by atoms with van der Waals surface area (Å²) in [5, 5.41) is 24.0. The molecule has 0 saturated carbocycles. The van der Waals surface area contributed by atoms with E-state index in [9.17, 15) is 18.0 Å². The van der Waals surface area contributed by atoms with Crippen molar-refractivity contribution in [2.75, 3.05) is 5.32 Å². The zero-order valence-corrected chi connectivity index (χ0v) is 18.2. The molecule has 0 radical (unpaired) electrons. The van der Waals surface area contributed by atoms with Gasteiger partial charge in [0.05, 0.1) is 28.5 Å². The molecular formula is C22H17F3N8O2. The van der Waals surface area contributed by atoms with E-state index in [4.69, 9.17) is 4.42 Å². The molecule has 35 heavy (non-hydrogen) atoms. The van der Waals surface area contributed by atoms with Gasteiger partial charge in [-0.1, -0.05) is 5.10 Å². The van der Waals surface area contributed by atoms with Crippen LogP contribution in [-0.2, 0) is 19.0 Å². The van der Waals surface area contributed by atoms with Crippen molar-refractivity contribution >= 4 is 33.7 Å². The van der Waals surface area contributed by atoms with E-state index < -0.39 is 17.8 Å². The molecule has 0 aliphatic heterocycles. The van der Waals surface area contributed by atoms with Crippen molar-refractivity contribution in [3.05, 3.63) is 46.7 Å². The van der Waals surface area contributed by atoms with Crippen LogP contribution in [0.15, 0.2) is 22.7 Å². The number of benzene rings is 1. The molecule has 4 heterocycles. The predicted molar refractivity (Wildman–Crippen MR) is 118 cm³/mol. The Kier molecular flexibility index (Phi) is 4.62. The number of anilines is 1. The lowest BCUT2D eigenvalue weighted by Crippen LogP contribution is -2.14. The molecule has 5 aromatic rings. The van der Waals surface area contributed by atoms with Crippen LogP contribution in [0.4, 0.5) is 19.2 Å². The fourth-order valence-electron chi connectivity index (χ4n) is 4.70. The van der Waals surface area contributed by atoms with Crippen LogP contribution in [0.5, 0.6) is 0 Å². The van der Waals surface area contributed by atoms with E-state index in [1.807, 2.05) is 0 Å². The largest absolute Gasteiger partial charge is 0.433 e. The van der Waals surface area contributed by atoms with Gasteiger partial charge in [-0.3, -0.25) is 20.3 Å². The molecule has 13 heteroatoms. The van der Waals surface area contributed by atoms with Gasteiger partial charge in [-0.25, -0.2) is 4.98 Å². The summed E-state index contributed by atoms with van der Waals surface area (Å²) in [5.74, 6) is -0.267. The highest BCUT2D eigenvalue weighted by atomic mass is 19.4. The molecule has 0 spiro atoms. The number of nitrogens with zero attached hydrogens (tertiary/aromatic N) is 5. The quantitative estimate of drug-likeness (QED) is 0.348. The van der Waals surface area contributed by atoms with Crippen LogP contribution >= 0.6 is 0 Å². The molecule has 10 nitrogen and oxygen atoms in total. The van der Waals surface area contributed by atoms with Gasteiger partial charge in [-0.2, -0.15) is 23.4 Å². The third-order valence-electron chi connectivity index (χ3n) is 6.14. The number of hydrogen-bond donors (Lipinski definition) is 3. The zero-order valence-electron chi connectivity index (χ0n) is 18.2. The minimum Gasteiger partial charge on any atom is -0.408 e. The van der Waals surface area contributed by atoms with Gasteiger partial charge in [-0.15, -0.1) is 5.10 Å². The van der Waals surface area contributed by atoms with Crippen molar-refractivity contribution in [2.24, 2.45) is 0 Å². The third-order valence-corrected chi connectivity index (χ3v) is 6.14. The normalized spacial score (nSPS) is 13.9. The summed E-state index contributed by atoms with van der Waals surface area (Å²) in [4.78, 5) is 17.7. The van der Waals surface area contributed by atoms with Crippen molar-refractivity contribution in [2.45, 2.75) is 38.8 Å². The fraction of sp³-hybridized carbons (Fsp3) is 0.273. The molecule has 0 bridgehead atoms. The molecule has 0 atom stereocenters. The second-order valence-corrected chi connectivity index (χ2v) is 8.32. The van der Waals surface area contributed by atoms with Crippen molar-refractivity contribution in [3.63, 3.8) is 0 Å². The van der Waals surface area contributed by atoms with Crippen LogP contribution in [0.3, 0.4) is 0 Å². The highest BCUT2D eigenvalue weighted by molar-refractivity contribution is 6.19. The highest BCUT2D eigenvalue weighted by Gasteiger charge is 2.37. The van der Waals surface area contributed by atoms with Gasteiger partial charge in [0.15, 0.2) is 5.69 Å². The molecule has 0 unspecified atom stereocenters. The summed E-state index contributed by atoms with van der Waals surface area (Å²) < 4.78 is 46.1. The van der Waals surface area contributed by atoms with E-state index in [2.05, 4.69) is 40.9 Å². The summed E-state index contributed by atoms with van der Waals surface area (Å²) in [6.07, 6.45) is -0.565. The maximum absolute atomic E-state index is 13.6. The SMILES string of the molecule is Cc1nnc(NC(=O)c2n[nH]c3ccc4nc(-c5cn[nH]c5C(F)(F)F)c5c(c4c23)CCCC5)o1. The van der Waals surface area contributed by atoms with Crippen molar-refractivity contribution in [3.8, 4) is 11.3 Å². The van der Waals surface area contributed by atoms with E-state index >= 15 is 0 Å². The van der Waals surface area contributed by atoms with Gasteiger partial charge in [0.2, 0.25) is 5.89 Å². The van der Waals surface area contributed by atoms with E-state index in [1.165, 1.54) is 0 Å². The number of rotatable bonds is 3. The van der Waals surface area contributed by atoms with Gasteiger partial charge in [0.25, 0.3) is 5.91 Å². The van der Waals surface area contributed by atoms with E-state index in [0.29, 0.717) is 40.5 Å². The fourth-order valence-corrected chi connectivity index (χ4v) is 4.70. The summed E-state index contributed by atoms with van der Waals surface area (Å²) in [6, 6.07) is 3.35. The van der Waals surface area contributed by atoms with Crippen LogP contribution < -0.4 is 5.32 Å². The summed E-state index contributed by atoms with van der Waals surface area (Å²) in [5.41, 5.74) is 1.98. The van der Waals surface area contributed by atoms with Crippen LogP contribution in [0, 0.1) is 6.92 Å². The molecule has 1 aliphatic carbocycles. The third kappa shape index (κ3) is 3.42. The lowest BCUT2D eigenvalue weighted by molar-refractivity contribution is -0.140. The number of alkyl halides is 3. The van der Waals surface area contributed by atoms with Crippen LogP contribution in [0.25, 0.3) is 33.1 Å². The number of aromatic nitrogens is 7. The lowest BCUT2D eigenvalue weighted by Gasteiger charge is -2.22. The Balaban J connectivity index is 1.58. The molecule has 3 N–H and O–H groups in total. The second kappa shape index (κ2) is 7.61. The summed E-state index contributed by atoms with van der Waals surface area (Å²) in [6.45, 7) is 1.60. The molecule has 0 fully saturated rings. The highest BCUT2D eigenvalue weighted by Crippen LogP contribution is 2.42. The lowest BCUT2D eigenvalue weighted by atomic mass is 9.85. The molecule has 6 rings (SSSR count). The Bertz CT molecular complexity index is 1610. The summed E-state index contributed by atoms with van der Waals surface area (Å²) in [7, 11) is 0. The Labute approximate surface area is 194 Å². The maximum atomic E-state index is 13.6. The van der Waals surface area contributed by atoms with Crippen LogP contribution in [0.2, 0.25) is 0 Å². The van der Waals surface area contributed by atoms with E-state index in [1.54, 1.807) is 19.1 Å². The zero-order chi connectivity index (χ0) is 24.3. The number of amides is 1. The standard InChI is InChI=1S/C22H17F3N8O2/c1-9-29-33-21(35-9)28-20(34)18-16-14(30-31-18)7-6-13-15(16)10-4-2-3-5-11(10)17(27-13)12-8-26-32-19(12)22(23,24)25/h6-8H,2-5H2,1H3,(H,26,32)(H,30,31)(H,28,33,34). The first-order valence-electron chi connectivity index (χ1n) is 10.9. The number of halogens is 3. The Morgan fingerprint density at radius 3 is 2.63 bits per heavy atom. The number of aryl methyl sites for hydroxylation is 2. The van der Waals surface area contributed by atoms with Crippen LogP contribution in [-0.4, -0.2) is 41.5 Å². The smallest absolute Gasteiger partial charge is 0.408 e. The molecule has 1 aromatic carbocycles. The minimum atomic E-state index is -4.60. The maximum Gasteiger partial charge on any atom is 0.433 e. The number of hydrogen-bond acceptors (Lipinski definition) is 7. The molecule has 178 valence electrons. The van der Waals surface area contributed by atoms with E-state index in [0.717, 1.165) is 30.2 Å². The Hall–Kier alpha value is -4.29. The molecule has 4 aromatic heterocycles. The molecule has 0 saturated heterocycles. The number of pyridine rings is 1. The van der Waals surface area contributed by atoms with Gasteiger partial charge in [0, 0.05) is 17.7 Å². The van der Waals surface area contributed by atoms with E-state index in [-0.39, 0.29) is 23.0 Å². The van der Waals surface area contributed by atoms with Gasteiger partial charge in [-0.05, 0) is 48.9 Å². The minimum absolute atomic E-state index is 0.0639. The Morgan fingerprint density at radius 2 is 1.89 bits per heavy atom. The number of carbonyl (C=O) groups excluding carboxylic acids is 1. The second-order valence-electron chi connectivity index (χ2n) is 8.32. The van der Waals surface area contributed by atoms with Crippen molar-refractivity contribution < 1.29 is 22.4 Å². The van der Waals surface area contributed by atoms with Gasteiger partial charge in [0.1, 0.15) is 5.69 Å². The number of carbonyl (C=O) groups is 1. The van der Waals surface area contributed by atoms with Crippen LogP contribution in [0.1, 0.15) is 46.0 Å². The molecular weight excluding hydrogens is 465 g/mol. The predicted octanol–water partition coefficient (Wildman–Crippen LogP) is 4.34. The summed E-state index contributed by atoms with van der Waals surface area (Å²) >= 11 is 0.